The molecule has 3 aromatic rings. The van der Waals surface area contributed by atoms with Gasteiger partial charge in [0.2, 0.25) is 5.56 Å². The van der Waals surface area contributed by atoms with E-state index in [1.807, 2.05) is 30.3 Å². The van der Waals surface area contributed by atoms with Crippen molar-refractivity contribution in [2.24, 2.45) is 0 Å². The van der Waals surface area contributed by atoms with Crippen LogP contribution in [0.25, 0.3) is 11.0 Å². The molecule has 0 atom stereocenters. The molecule has 88 valence electrons. The highest BCUT2D eigenvalue weighted by atomic mass is 32.2. The highest BCUT2D eigenvalue weighted by Crippen LogP contribution is 2.24. The lowest BCUT2D eigenvalue weighted by molar-refractivity contribution is 0.984. The summed E-state index contributed by atoms with van der Waals surface area (Å²) in [6.07, 6.45) is 1.71. The monoisotopic (exact) mass is 255 g/mol. The van der Waals surface area contributed by atoms with Gasteiger partial charge in [0, 0.05) is 22.5 Å². The van der Waals surface area contributed by atoms with Crippen LogP contribution in [0, 0.1) is 0 Å². The minimum atomic E-state index is -0.156. The number of aromatic nitrogens is 3. The van der Waals surface area contributed by atoms with Gasteiger partial charge >= 0.3 is 0 Å². The topological polar surface area (TPSA) is 58.6 Å². The highest BCUT2D eigenvalue weighted by Gasteiger charge is 2.02. The van der Waals surface area contributed by atoms with Crippen LogP contribution in [0.5, 0.6) is 0 Å². The average molecular weight is 255 g/mol. The third-order valence-electron chi connectivity index (χ3n) is 2.40. The number of aromatic amines is 1. The summed E-state index contributed by atoms with van der Waals surface area (Å²) in [5, 5.41) is 1.45. The minimum absolute atomic E-state index is 0.156. The Kier molecular flexibility index (Phi) is 2.82. The zero-order chi connectivity index (χ0) is 12.4. The van der Waals surface area contributed by atoms with Crippen molar-refractivity contribution < 1.29 is 0 Å². The lowest BCUT2D eigenvalue weighted by Crippen LogP contribution is -2.04. The Bertz CT molecular complexity index is 740. The molecule has 0 aliphatic heterocycles. The van der Waals surface area contributed by atoms with Crippen molar-refractivity contribution in [2.45, 2.75) is 10.1 Å². The summed E-state index contributed by atoms with van der Waals surface area (Å²) in [5.41, 5.74) is 0.410. The molecule has 3 rings (SSSR count). The summed E-state index contributed by atoms with van der Waals surface area (Å²) in [7, 11) is 0. The normalized spacial score (nSPS) is 10.7. The maximum absolute atomic E-state index is 11.2. The fourth-order valence-electron chi connectivity index (χ4n) is 1.56. The van der Waals surface area contributed by atoms with Gasteiger partial charge in [-0.1, -0.05) is 18.2 Å². The van der Waals surface area contributed by atoms with Gasteiger partial charge < -0.3 is 4.98 Å². The molecule has 0 amide bonds. The third kappa shape index (κ3) is 2.26. The Balaban J connectivity index is 2.00. The van der Waals surface area contributed by atoms with Gasteiger partial charge in [-0.05, 0) is 30.0 Å². The van der Waals surface area contributed by atoms with Crippen LogP contribution in [0.4, 0.5) is 0 Å². The van der Waals surface area contributed by atoms with E-state index in [-0.39, 0.29) is 5.56 Å². The number of nitrogens with one attached hydrogen (secondary N) is 1. The highest BCUT2D eigenvalue weighted by molar-refractivity contribution is 7.99. The first kappa shape index (κ1) is 11.0. The van der Waals surface area contributed by atoms with Gasteiger partial charge in [0.05, 0.1) is 0 Å². The van der Waals surface area contributed by atoms with Gasteiger partial charge in [0.1, 0.15) is 5.65 Å². The van der Waals surface area contributed by atoms with Crippen molar-refractivity contribution in [3.05, 3.63) is 59.0 Å². The second kappa shape index (κ2) is 4.62. The fourth-order valence-corrected chi connectivity index (χ4v) is 2.31. The molecule has 0 radical (unpaired) electrons. The van der Waals surface area contributed by atoms with E-state index < -0.39 is 0 Å². The molecule has 0 saturated heterocycles. The number of nitrogens with zero attached hydrogens (tertiary/aromatic N) is 2. The van der Waals surface area contributed by atoms with E-state index in [2.05, 4.69) is 15.0 Å². The number of fused-ring (bicyclic) bond motifs is 1. The Morgan fingerprint density at radius 1 is 1.06 bits per heavy atom. The Hall–Kier alpha value is -2.14. The van der Waals surface area contributed by atoms with Crippen molar-refractivity contribution in [3.63, 3.8) is 0 Å². The van der Waals surface area contributed by atoms with Crippen LogP contribution in [-0.4, -0.2) is 15.0 Å². The maximum atomic E-state index is 11.2. The van der Waals surface area contributed by atoms with Crippen LogP contribution in [0.3, 0.4) is 0 Å². The summed E-state index contributed by atoms with van der Waals surface area (Å²) in [6.45, 7) is 0. The number of benzene rings is 1. The van der Waals surface area contributed by atoms with Crippen molar-refractivity contribution in [1.82, 2.24) is 15.0 Å². The number of pyridine rings is 1. The third-order valence-corrected chi connectivity index (χ3v) is 3.29. The van der Waals surface area contributed by atoms with Gasteiger partial charge in [-0.25, -0.2) is 9.97 Å². The van der Waals surface area contributed by atoms with Gasteiger partial charge in [-0.15, -0.1) is 0 Å². The van der Waals surface area contributed by atoms with Crippen molar-refractivity contribution in [1.29, 1.82) is 0 Å². The summed E-state index contributed by atoms with van der Waals surface area (Å²) >= 11 is 1.46. The molecule has 0 aliphatic carbocycles. The largest absolute Gasteiger partial charge is 0.306 e. The lowest BCUT2D eigenvalue weighted by atomic mass is 10.3. The zero-order valence-electron chi connectivity index (χ0n) is 9.33. The molecule has 0 spiro atoms. The predicted molar refractivity (Wildman–Crippen MR) is 70.7 cm³/mol. The van der Waals surface area contributed by atoms with E-state index in [4.69, 9.17) is 0 Å². The summed E-state index contributed by atoms with van der Waals surface area (Å²) in [6, 6.07) is 13.1. The molecule has 0 bridgehead atoms. The van der Waals surface area contributed by atoms with Crippen LogP contribution in [0.15, 0.2) is 63.5 Å². The van der Waals surface area contributed by atoms with Gasteiger partial charge in [-0.3, -0.25) is 4.79 Å². The SMILES string of the molecule is O=c1ccc2cnc(Sc3ccccc3)nc2[nH]1. The van der Waals surface area contributed by atoms with Crippen LogP contribution in [-0.2, 0) is 0 Å². The molecule has 2 heterocycles. The molecule has 0 aliphatic rings. The molecule has 18 heavy (non-hydrogen) atoms. The van der Waals surface area contributed by atoms with Gasteiger partial charge in [0.15, 0.2) is 5.16 Å². The van der Waals surface area contributed by atoms with E-state index in [0.29, 0.717) is 10.8 Å². The lowest BCUT2D eigenvalue weighted by Gasteiger charge is -2.01. The van der Waals surface area contributed by atoms with Crippen molar-refractivity contribution >= 4 is 22.8 Å². The number of hydrogen-bond donors (Lipinski definition) is 1. The summed E-state index contributed by atoms with van der Waals surface area (Å²) in [4.78, 5) is 23.6. The molecule has 0 fully saturated rings. The van der Waals surface area contributed by atoms with Crippen LogP contribution in [0.1, 0.15) is 0 Å². The molecule has 0 saturated carbocycles. The fraction of sp³-hybridized carbons (Fsp3) is 0. The molecule has 2 aromatic heterocycles. The van der Waals surface area contributed by atoms with Crippen LogP contribution >= 0.6 is 11.8 Å². The number of H-pyrrole nitrogens is 1. The van der Waals surface area contributed by atoms with Gasteiger partial charge in [0.25, 0.3) is 0 Å². The molecule has 1 aromatic carbocycles. The van der Waals surface area contributed by atoms with E-state index >= 15 is 0 Å². The van der Waals surface area contributed by atoms with Crippen LogP contribution in [0.2, 0.25) is 0 Å². The number of rotatable bonds is 2. The van der Waals surface area contributed by atoms with Crippen LogP contribution < -0.4 is 5.56 Å². The van der Waals surface area contributed by atoms with E-state index in [1.165, 1.54) is 17.8 Å². The molecule has 1 N–H and O–H groups in total. The van der Waals surface area contributed by atoms with Crippen molar-refractivity contribution in [3.8, 4) is 0 Å². The Morgan fingerprint density at radius 2 is 1.89 bits per heavy atom. The molecular weight excluding hydrogens is 246 g/mol. The molecule has 5 heteroatoms. The summed E-state index contributed by atoms with van der Waals surface area (Å²) in [5.74, 6) is 0. The van der Waals surface area contributed by atoms with Gasteiger partial charge in [-0.2, -0.15) is 0 Å². The Labute approximate surface area is 107 Å². The molecule has 4 nitrogen and oxygen atoms in total. The second-order valence-corrected chi connectivity index (χ2v) is 4.73. The predicted octanol–water partition coefficient (Wildman–Crippen LogP) is 2.47. The maximum Gasteiger partial charge on any atom is 0.249 e. The smallest absolute Gasteiger partial charge is 0.249 e. The van der Waals surface area contributed by atoms with Crippen molar-refractivity contribution in [2.75, 3.05) is 0 Å². The molecule has 0 unspecified atom stereocenters. The first-order valence-corrected chi connectivity index (χ1v) is 6.22. The quantitative estimate of drug-likeness (QED) is 0.715. The Morgan fingerprint density at radius 3 is 2.72 bits per heavy atom. The average Bonchev–Trinajstić information content (AvgIpc) is 2.39. The van der Waals surface area contributed by atoms with E-state index in [1.54, 1.807) is 12.3 Å². The first-order valence-electron chi connectivity index (χ1n) is 5.40. The first-order chi connectivity index (χ1) is 8.81. The van der Waals surface area contributed by atoms with E-state index in [9.17, 15) is 4.79 Å². The minimum Gasteiger partial charge on any atom is -0.306 e. The van der Waals surface area contributed by atoms with E-state index in [0.717, 1.165) is 10.3 Å². The standard InChI is InChI=1S/C13H9N3OS/c17-11-7-6-9-8-14-13(16-12(9)15-11)18-10-4-2-1-3-5-10/h1-8H,(H,14,15,16,17). The second-order valence-electron chi connectivity index (χ2n) is 3.69. The summed E-state index contributed by atoms with van der Waals surface area (Å²) < 4.78 is 0. The molecular formula is C13H9N3OS. The number of hydrogen-bond acceptors (Lipinski definition) is 4. The zero-order valence-corrected chi connectivity index (χ0v) is 10.1.